The summed E-state index contributed by atoms with van der Waals surface area (Å²) < 4.78 is 26.8. The summed E-state index contributed by atoms with van der Waals surface area (Å²) in [5.74, 6) is -2.70. The van der Waals surface area contributed by atoms with Crippen molar-refractivity contribution >= 4 is 35.8 Å². The molecule has 15 nitrogen and oxygen atoms in total. The number of hydrogen-bond acceptors (Lipinski definition) is 8. The van der Waals surface area contributed by atoms with Crippen LogP contribution in [-0.2, 0) is 39.7 Å². The quantitative estimate of drug-likeness (QED) is 0.108. The molecule has 6 rings (SSSR count). The first-order valence-electron chi connectivity index (χ1n) is 22.8. The number of aryl methyl sites for hydroxylation is 1. The average Bonchev–Trinajstić information content (AvgIpc) is 4.03. The van der Waals surface area contributed by atoms with Crippen molar-refractivity contribution in [3.05, 3.63) is 101 Å². The van der Waals surface area contributed by atoms with Crippen LogP contribution in [0.3, 0.4) is 0 Å². The second-order valence-corrected chi connectivity index (χ2v) is 19.5. The van der Waals surface area contributed by atoms with Crippen LogP contribution in [0.2, 0.25) is 0 Å². The van der Waals surface area contributed by atoms with Crippen molar-refractivity contribution in [2.75, 3.05) is 26.3 Å². The van der Waals surface area contributed by atoms with Gasteiger partial charge in [-0.3, -0.25) is 19.2 Å². The van der Waals surface area contributed by atoms with Gasteiger partial charge in [-0.25, -0.2) is 14.0 Å². The minimum atomic E-state index is -1.50. The molecule has 16 heteroatoms. The number of primary amides is 2. The maximum absolute atomic E-state index is 14.6. The lowest BCUT2D eigenvalue weighted by Gasteiger charge is -2.41. The van der Waals surface area contributed by atoms with Gasteiger partial charge in [0.2, 0.25) is 23.6 Å². The fraction of sp³-hybridized carbons (Fsp3) is 0.451. The number of nitrogens with one attached hydrogen (secondary N) is 2. The fourth-order valence-electron chi connectivity index (χ4n) is 9.67. The Morgan fingerprint density at radius 2 is 1.03 bits per heavy atom. The summed E-state index contributed by atoms with van der Waals surface area (Å²) in [5, 5.41) is 5.41. The standard InChI is InChI=1S/C51H64FN7O8/c1-10-66-46(64)55-40(48(4,5)6)42(60)57-28-12-26-50(57,44(53)62)34-18-14-32(15-19-34)38-24-25-39(59(38)37-23-22-36(52)30-31(37)3)33-16-20-35(21-17-33)51(45(54)63)27-13-29-58(51)43(61)41(49(7,8)9)56-47(65)67-11-2/h14-25,30,40-41H,10-13,26-29H2,1-9H3,(H2,53,62)(H2,54,63)(H,55,64)(H,56,65)/t40-,41-,50+,51+/m1/s1. The zero-order valence-electron chi connectivity index (χ0n) is 40.0. The minimum Gasteiger partial charge on any atom is -0.450 e. The van der Waals surface area contributed by atoms with Gasteiger partial charge in [0.15, 0.2) is 0 Å². The Morgan fingerprint density at radius 1 is 0.642 bits per heavy atom. The molecule has 4 aromatic rings. The van der Waals surface area contributed by atoms with Gasteiger partial charge >= 0.3 is 12.2 Å². The number of aromatic nitrogens is 1. The molecule has 0 aliphatic carbocycles. The molecule has 2 aliphatic rings. The van der Waals surface area contributed by atoms with E-state index in [9.17, 15) is 33.2 Å². The number of nitrogens with two attached hydrogens (primary N) is 2. The van der Waals surface area contributed by atoms with Crippen LogP contribution in [0.15, 0.2) is 78.9 Å². The number of likely N-dealkylation sites (tertiary alicyclic amines) is 2. The van der Waals surface area contributed by atoms with Crippen molar-refractivity contribution in [1.29, 1.82) is 0 Å². The van der Waals surface area contributed by atoms with Gasteiger partial charge in [-0.15, -0.1) is 0 Å². The largest absolute Gasteiger partial charge is 0.450 e. The normalized spacial score (nSPS) is 19.4. The number of rotatable bonds is 13. The number of hydrogen-bond donors (Lipinski definition) is 4. The van der Waals surface area contributed by atoms with E-state index in [2.05, 4.69) is 10.6 Å². The lowest BCUT2D eigenvalue weighted by atomic mass is 9.82. The van der Waals surface area contributed by atoms with Crippen LogP contribution >= 0.6 is 0 Å². The second kappa shape index (κ2) is 19.3. The fourth-order valence-corrected chi connectivity index (χ4v) is 9.67. The van der Waals surface area contributed by atoms with E-state index in [4.69, 9.17) is 20.9 Å². The van der Waals surface area contributed by atoms with E-state index in [1.165, 1.54) is 21.9 Å². The zero-order valence-corrected chi connectivity index (χ0v) is 40.0. The number of carbonyl (C=O) groups is 6. The highest BCUT2D eigenvalue weighted by Crippen LogP contribution is 2.44. The molecule has 3 aromatic carbocycles. The van der Waals surface area contributed by atoms with Crippen LogP contribution in [0.4, 0.5) is 14.0 Å². The summed E-state index contributed by atoms with van der Waals surface area (Å²) >= 11 is 0. The van der Waals surface area contributed by atoms with Crippen LogP contribution in [0, 0.1) is 23.6 Å². The topological polar surface area (TPSA) is 208 Å². The molecule has 0 unspecified atom stereocenters. The number of halogens is 1. The van der Waals surface area contributed by atoms with Gasteiger partial charge in [0, 0.05) is 18.8 Å². The van der Waals surface area contributed by atoms with E-state index in [1.54, 1.807) is 44.2 Å². The molecule has 0 radical (unpaired) electrons. The Balaban J connectivity index is 1.40. The van der Waals surface area contributed by atoms with Crippen LogP contribution in [0.1, 0.15) is 97.8 Å². The molecule has 2 aliphatic heterocycles. The number of amides is 6. The molecule has 6 amide bonds. The van der Waals surface area contributed by atoms with Gasteiger partial charge in [0.1, 0.15) is 29.0 Å². The van der Waals surface area contributed by atoms with Crippen molar-refractivity contribution in [2.45, 2.75) is 111 Å². The minimum absolute atomic E-state index is 0.119. The molecule has 1 aromatic heterocycles. The molecule has 3 heterocycles. The van der Waals surface area contributed by atoms with Gasteiger partial charge in [-0.1, -0.05) is 90.1 Å². The highest BCUT2D eigenvalue weighted by atomic mass is 19.1. The highest BCUT2D eigenvalue weighted by molar-refractivity contribution is 5.96. The molecule has 0 saturated carbocycles. The lowest BCUT2D eigenvalue weighted by Crippen LogP contribution is -2.61. The number of ether oxygens (including phenoxy) is 2. The zero-order chi connectivity index (χ0) is 49.2. The molecular formula is C51H64FN7O8. The Kier molecular flexibility index (Phi) is 14.3. The highest BCUT2D eigenvalue weighted by Gasteiger charge is 2.54. The van der Waals surface area contributed by atoms with Gasteiger partial charge in [-0.2, -0.15) is 0 Å². The van der Waals surface area contributed by atoms with E-state index in [-0.39, 0.29) is 39.1 Å². The molecule has 2 saturated heterocycles. The van der Waals surface area contributed by atoms with Crippen LogP contribution in [0.5, 0.6) is 0 Å². The summed E-state index contributed by atoms with van der Waals surface area (Å²) in [6.45, 7) is 16.8. The predicted molar refractivity (Wildman–Crippen MR) is 252 cm³/mol. The summed E-state index contributed by atoms with van der Waals surface area (Å²) in [4.78, 5) is 84.1. The van der Waals surface area contributed by atoms with E-state index < -0.39 is 75.6 Å². The molecule has 6 N–H and O–H groups in total. The van der Waals surface area contributed by atoms with Gasteiger partial charge in [0.25, 0.3) is 0 Å². The molecule has 2 fully saturated rings. The van der Waals surface area contributed by atoms with Crippen molar-refractivity contribution in [2.24, 2.45) is 22.3 Å². The number of nitrogens with zero attached hydrogens (tertiary/aromatic N) is 3. The first kappa shape index (κ1) is 49.7. The van der Waals surface area contributed by atoms with Crippen molar-refractivity contribution in [1.82, 2.24) is 25.0 Å². The monoisotopic (exact) mass is 921 g/mol. The van der Waals surface area contributed by atoms with E-state index >= 15 is 0 Å². The smallest absolute Gasteiger partial charge is 0.407 e. The lowest BCUT2D eigenvalue weighted by molar-refractivity contribution is -0.147. The summed E-state index contributed by atoms with van der Waals surface area (Å²) in [6, 6.07) is 20.9. The van der Waals surface area contributed by atoms with Gasteiger partial charge < -0.3 is 45.9 Å². The van der Waals surface area contributed by atoms with E-state index in [1.807, 2.05) is 89.4 Å². The summed E-state index contributed by atoms with van der Waals surface area (Å²) in [5.41, 5.74) is 13.2. The average molecular weight is 922 g/mol. The second-order valence-electron chi connectivity index (χ2n) is 19.5. The maximum Gasteiger partial charge on any atom is 0.407 e. The third-order valence-corrected chi connectivity index (χ3v) is 13.0. The van der Waals surface area contributed by atoms with E-state index in [0.717, 1.165) is 22.5 Å². The third kappa shape index (κ3) is 9.48. The van der Waals surface area contributed by atoms with E-state index in [0.29, 0.717) is 35.2 Å². The number of alkyl carbamates (subject to hydrolysis) is 2. The summed E-state index contributed by atoms with van der Waals surface area (Å²) in [6.07, 6.45) is 0.0776. The number of benzene rings is 3. The first-order valence-corrected chi connectivity index (χ1v) is 22.8. The maximum atomic E-state index is 14.6. The molecule has 358 valence electrons. The Morgan fingerprint density at radius 3 is 1.36 bits per heavy atom. The summed E-state index contributed by atoms with van der Waals surface area (Å²) in [7, 11) is 0. The molecule has 4 atom stereocenters. The first-order chi connectivity index (χ1) is 31.5. The molecule has 0 bridgehead atoms. The van der Waals surface area contributed by atoms with Crippen molar-refractivity contribution in [3.8, 4) is 28.2 Å². The Bertz CT molecular complexity index is 2380. The Labute approximate surface area is 391 Å². The Hall–Kier alpha value is -6.71. The third-order valence-electron chi connectivity index (χ3n) is 13.0. The molecular weight excluding hydrogens is 858 g/mol. The van der Waals surface area contributed by atoms with Crippen LogP contribution < -0.4 is 22.1 Å². The molecule has 67 heavy (non-hydrogen) atoms. The van der Waals surface area contributed by atoms with Gasteiger partial charge in [0.05, 0.1) is 24.6 Å². The predicted octanol–water partition coefficient (Wildman–Crippen LogP) is 7.19. The SMILES string of the molecule is CCOC(=O)N[C@H](C(=O)N1CCC[C@@]1(C(N)=O)c1ccc(-c2ccc(-c3ccc([C@]4(C(N)=O)CCCN4C(=O)[C@@H](NC(=O)OCC)C(C)(C)C)cc3)n2-c2ccc(F)cc2C)cc1)C(C)(C)C. The van der Waals surface area contributed by atoms with Gasteiger partial charge in [-0.05, 0) is 115 Å². The van der Waals surface area contributed by atoms with Crippen molar-refractivity contribution in [3.63, 3.8) is 0 Å². The molecule has 0 spiro atoms. The van der Waals surface area contributed by atoms with Crippen molar-refractivity contribution < 1.29 is 42.6 Å². The van der Waals surface area contributed by atoms with Crippen LogP contribution in [-0.4, -0.2) is 88.6 Å². The van der Waals surface area contributed by atoms with Crippen LogP contribution in [0.25, 0.3) is 28.2 Å². The number of carbonyl (C=O) groups excluding carboxylic acids is 6.